The molecule has 0 heterocycles. The standard InChI is InChI=1S/C13H15ClF3NO2/c1-9-3-4-11(10(7-9)18-12(19)8-14)20-6-2-5-13(15,16)17/h3-4,7H,2,5-6,8H2,1H3,(H,18,19). The van der Waals surface area contributed by atoms with Gasteiger partial charge in [0.2, 0.25) is 5.91 Å². The summed E-state index contributed by atoms with van der Waals surface area (Å²) in [5.41, 5.74) is 1.29. The third-order valence-corrected chi connectivity index (χ3v) is 2.64. The molecular formula is C13H15ClF3NO2. The van der Waals surface area contributed by atoms with Crippen LogP contribution in [0, 0.1) is 6.92 Å². The van der Waals surface area contributed by atoms with Crippen molar-refractivity contribution >= 4 is 23.2 Å². The summed E-state index contributed by atoms with van der Waals surface area (Å²) in [4.78, 5) is 11.3. The summed E-state index contributed by atoms with van der Waals surface area (Å²) in [5.74, 6) is -0.282. The molecule has 0 unspecified atom stereocenters. The van der Waals surface area contributed by atoms with E-state index in [1.165, 1.54) is 0 Å². The highest BCUT2D eigenvalue weighted by Gasteiger charge is 2.26. The van der Waals surface area contributed by atoms with Crippen molar-refractivity contribution in [3.63, 3.8) is 0 Å². The predicted molar refractivity (Wildman–Crippen MR) is 71.3 cm³/mol. The normalized spacial score (nSPS) is 11.2. The van der Waals surface area contributed by atoms with Gasteiger partial charge in [0.1, 0.15) is 11.6 Å². The molecular weight excluding hydrogens is 295 g/mol. The van der Waals surface area contributed by atoms with Crippen LogP contribution in [0.5, 0.6) is 5.75 Å². The van der Waals surface area contributed by atoms with Crippen LogP contribution in [0.4, 0.5) is 18.9 Å². The van der Waals surface area contributed by atoms with Crippen molar-refractivity contribution < 1.29 is 22.7 Å². The molecule has 1 amide bonds. The molecule has 3 nitrogen and oxygen atoms in total. The topological polar surface area (TPSA) is 38.3 Å². The minimum atomic E-state index is -4.19. The van der Waals surface area contributed by atoms with Gasteiger partial charge in [-0.15, -0.1) is 11.6 Å². The Kier molecular flexibility index (Phi) is 6.13. The van der Waals surface area contributed by atoms with Crippen LogP contribution in [-0.2, 0) is 4.79 Å². The Balaban J connectivity index is 2.62. The van der Waals surface area contributed by atoms with Crippen molar-refractivity contribution in [3.05, 3.63) is 23.8 Å². The van der Waals surface area contributed by atoms with Crippen molar-refractivity contribution in [3.8, 4) is 5.75 Å². The van der Waals surface area contributed by atoms with Gasteiger partial charge in [0, 0.05) is 6.42 Å². The zero-order valence-corrected chi connectivity index (χ0v) is 11.6. The Morgan fingerprint density at radius 3 is 2.70 bits per heavy atom. The van der Waals surface area contributed by atoms with E-state index < -0.39 is 18.5 Å². The highest BCUT2D eigenvalue weighted by Crippen LogP contribution is 2.27. The lowest BCUT2D eigenvalue weighted by Crippen LogP contribution is -2.14. The molecule has 0 aliphatic carbocycles. The third kappa shape index (κ3) is 6.14. The van der Waals surface area contributed by atoms with E-state index in [1.54, 1.807) is 18.2 Å². The second-order valence-electron chi connectivity index (χ2n) is 4.25. The summed E-state index contributed by atoms with van der Waals surface area (Å²) >= 11 is 5.39. The average molecular weight is 310 g/mol. The van der Waals surface area contributed by atoms with Crippen LogP contribution < -0.4 is 10.1 Å². The third-order valence-electron chi connectivity index (χ3n) is 2.39. The number of nitrogens with one attached hydrogen (secondary N) is 1. The number of benzene rings is 1. The number of anilines is 1. The van der Waals surface area contributed by atoms with Crippen LogP contribution in [0.25, 0.3) is 0 Å². The lowest BCUT2D eigenvalue weighted by atomic mass is 10.2. The molecule has 1 aromatic rings. The van der Waals surface area contributed by atoms with Gasteiger partial charge in [0.05, 0.1) is 12.3 Å². The fraction of sp³-hybridized carbons (Fsp3) is 0.462. The monoisotopic (exact) mass is 309 g/mol. The smallest absolute Gasteiger partial charge is 0.389 e. The van der Waals surface area contributed by atoms with E-state index in [0.717, 1.165) is 5.56 Å². The second-order valence-corrected chi connectivity index (χ2v) is 4.52. The molecule has 0 fully saturated rings. The Bertz CT molecular complexity index is 463. The molecule has 1 N–H and O–H groups in total. The molecule has 0 aliphatic heterocycles. The molecule has 0 radical (unpaired) electrons. The van der Waals surface area contributed by atoms with Crippen LogP contribution >= 0.6 is 11.6 Å². The van der Waals surface area contributed by atoms with Gasteiger partial charge >= 0.3 is 6.18 Å². The maximum Gasteiger partial charge on any atom is 0.389 e. The van der Waals surface area contributed by atoms with Crippen LogP contribution in [0.1, 0.15) is 18.4 Å². The Hall–Kier alpha value is -1.43. The van der Waals surface area contributed by atoms with E-state index in [9.17, 15) is 18.0 Å². The first-order valence-electron chi connectivity index (χ1n) is 5.98. The molecule has 0 spiro atoms. The van der Waals surface area contributed by atoms with Gasteiger partial charge in [-0.3, -0.25) is 4.79 Å². The molecule has 1 rings (SSSR count). The van der Waals surface area contributed by atoms with Crippen LogP contribution in [0.3, 0.4) is 0 Å². The molecule has 1 aromatic carbocycles. The van der Waals surface area contributed by atoms with Crippen molar-refractivity contribution in [1.29, 1.82) is 0 Å². The number of carbonyl (C=O) groups is 1. The maximum absolute atomic E-state index is 12.0. The van der Waals surface area contributed by atoms with E-state index in [2.05, 4.69) is 5.32 Å². The number of halogens is 4. The number of hydrogen-bond acceptors (Lipinski definition) is 2. The van der Waals surface area contributed by atoms with Crippen LogP contribution in [0.2, 0.25) is 0 Å². The fourth-order valence-electron chi connectivity index (χ4n) is 1.51. The molecule has 0 aliphatic rings. The number of carbonyl (C=O) groups excluding carboxylic acids is 1. The van der Waals surface area contributed by atoms with Crippen molar-refractivity contribution in [1.82, 2.24) is 0 Å². The number of alkyl halides is 4. The summed E-state index contributed by atoms with van der Waals surface area (Å²) in [6, 6.07) is 5.02. The SMILES string of the molecule is Cc1ccc(OCCCC(F)(F)F)c(NC(=O)CCl)c1. The number of rotatable bonds is 6. The van der Waals surface area contributed by atoms with Crippen molar-refractivity contribution in [2.24, 2.45) is 0 Å². The lowest BCUT2D eigenvalue weighted by Gasteiger charge is -2.13. The highest BCUT2D eigenvalue weighted by atomic mass is 35.5. The lowest BCUT2D eigenvalue weighted by molar-refractivity contribution is -0.136. The number of aryl methyl sites for hydroxylation is 1. The Morgan fingerprint density at radius 2 is 2.10 bits per heavy atom. The molecule has 0 saturated heterocycles. The summed E-state index contributed by atoms with van der Waals surface area (Å²) in [7, 11) is 0. The van der Waals surface area contributed by atoms with Crippen LogP contribution in [-0.4, -0.2) is 24.6 Å². The minimum absolute atomic E-state index is 0.0771. The fourth-order valence-corrected chi connectivity index (χ4v) is 1.57. The summed E-state index contributed by atoms with van der Waals surface area (Å²) in [6.45, 7) is 1.75. The van der Waals surface area contributed by atoms with E-state index in [-0.39, 0.29) is 18.9 Å². The summed E-state index contributed by atoms with van der Waals surface area (Å²) in [6.07, 6.45) is -5.23. The maximum atomic E-state index is 12.0. The van der Waals surface area contributed by atoms with E-state index in [1.807, 2.05) is 6.92 Å². The first kappa shape index (κ1) is 16.6. The van der Waals surface area contributed by atoms with Gasteiger partial charge in [-0.2, -0.15) is 13.2 Å². The predicted octanol–water partition coefficient (Wildman–Crippen LogP) is 3.89. The van der Waals surface area contributed by atoms with E-state index >= 15 is 0 Å². The number of hydrogen-bond donors (Lipinski definition) is 1. The van der Waals surface area contributed by atoms with Crippen LogP contribution in [0.15, 0.2) is 18.2 Å². The summed E-state index contributed by atoms with van der Waals surface area (Å²) < 4.78 is 41.3. The Morgan fingerprint density at radius 1 is 1.40 bits per heavy atom. The van der Waals surface area contributed by atoms with Gasteiger partial charge < -0.3 is 10.1 Å². The zero-order chi connectivity index (χ0) is 15.2. The molecule has 7 heteroatoms. The first-order chi connectivity index (χ1) is 9.31. The number of amides is 1. The largest absolute Gasteiger partial charge is 0.491 e. The van der Waals surface area contributed by atoms with E-state index in [4.69, 9.17) is 16.3 Å². The Labute approximate surface area is 120 Å². The van der Waals surface area contributed by atoms with Gasteiger partial charge in [-0.05, 0) is 31.0 Å². The van der Waals surface area contributed by atoms with Gasteiger partial charge in [0.25, 0.3) is 0 Å². The van der Waals surface area contributed by atoms with Gasteiger partial charge in [0.15, 0.2) is 0 Å². The molecule has 0 bridgehead atoms. The van der Waals surface area contributed by atoms with Crippen molar-refractivity contribution in [2.75, 3.05) is 17.8 Å². The molecule has 20 heavy (non-hydrogen) atoms. The molecule has 0 saturated carbocycles. The highest BCUT2D eigenvalue weighted by molar-refractivity contribution is 6.29. The van der Waals surface area contributed by atoms with Gasteiger partial charge in [-0.25, -0.2) is 0 Å². The molecule has 112 valence electrons. The minimum Gasteiger partial charge on any atom is -0.491 e. The van der Waals surface area contributed by atoms with Gasteiger partial charge in [-0.1, -0.05) is 6.07 Å². The first-order valence-corrected chi connectivity index (χ1v) is 6.51. The zero-order valence-electron chi connectivity index (χ0n) is 10.9. The molecule has 0 atom stereocenters. The quantitative estimate of drug-likeness (QED) is 0.639. The molecule has 0 aromatic heterocycles. The van der Waals surface area contributed by atoms with Crippen molar-refractivity contribution in [2.45, 2.75) is 25.9 Å². The summed E-state index contributed by atoms with van der Waals surface area (Å²) in [5, 5.41) is 2.54. The van der Waals surface area contributed by atoms with E-state index in [0.29, 0.717) is 11.4 Å². The number of ether oxygens (including phenoxy) is 1. The average Bonchev–Trinajstić information content (AvgIpc) is 2.35. The second kappa shape index (κ2) is 7.38.